The van der Waals surface area contributed by atoms with Crippen LogP contribution in [0.1, 0.15) is 24.8 Å². The Morgan fingerprint density at radius 3 is 2.43 bits per heavy atom. The second kappa shape index (κ2) is 6.28. The van der Waals surface area contributed by atoms with Gasteiger partial charge in [-0.05, 0) is 37.0 Å². The second-order valence-corrected chi connectivity index (χ2v) is 4.08. The summed E-state index contributed by atoms with van der Waals surface area (Å²) in [6, 6.07) is 5.68. The molecular weight excluding hydrogens is 219 g/mol. The van der Waals surface area contributed by atoms with Crippen LogP contribution in [-0.4, -0.2) is 6.61 Å². The van der Waals surface area contributed by atoms with E-state index in [1.54, 1.807) is 0 Å². The zero-order valence-corrected chi connectivity index (χ0v) is 9.44. The maximum absolute atomic E-state index is 10.2. The number of hydrogen-bond donors (Lipinski definition) is 0. The van der Waals surface area contributed by atoms with E-state index in [1.165, 1.54) is 5.56 Å². The van der Waals surface area contributed by atoms with Crippen molar-refractivity contribution < 1.29 is 5.11 Å². The molecule has 0 amide bonds. The normalized spacial score (nSPS) is 10.5. The first-order chi connectivity index (χ1) is 6.74. The van der Waals surface area contributed by atoms with E-state index in [0.29, 0.717) is 10.0 Å². The van der Waals surface area contributed by atoms with Gasteiger partial charge in [0.25, 0.3) is 0 Å². The minimum atomic E-state index is 0.0291. The first-order valence-corrected chi connectivity index (χ1v) is 5.51. The molecule has 1 nitrogen and oxygen atoms in total. The van der Waals surface area contributed by atoms with Gasteiger partial charge >= 0.3 is 0 Å². The van der Waals surface area contributed by atoms with Crippen molar-refractivity contribution in [2.75, 3.05) is 6.61 Å². The summed E-state index contributed by atoms with van der Waals surface area (Å²) in [4.78, 5) is 0. The Bertz CT molecular complexity index is 287. The zero-order chi connectivity index (χ0) is 10.4. The predicted octanol–water partition coefficient (Wildman–Crippen LogP) is 4.14. The van der Waals surface area contributed by atoms with Crippen LogP contribution in [0.3, 0.4) is 0 Å². The largest absolute Gasteiger partial charge is 0.237 e. The molecule has 0 atom stereocenters. The van der Waals surface area contributed by atoms with Gasteiger partial charge in [-0.2, -0.15) is 0 Å². The maximum Gasteiger partial charge on any atom is 0.0822 e. The van der Waals surface area contributed by atoms with E-state index in [2.05, 4.69) is 0 Å². The van der Waals surface area contributed by atoms with Crippen molar-refractivity contribution in [1.29, 1.82) is 0 Å². The summed E-state index contributed by atoms with van der Waals surface area (Å²) in [5.74, 6) is 0. The van der Waals surface area contributed by atoms with Gasteiger partial charge in [-0.25, -0.2) is 5.11 Å². The molecule has 0 aliphatic heterocycles. The number of hydrogen-bond acceptors (Lipinski definition) is 0. The Morgan fingerprint density at radius 2 is 1.79 bits per heavy atom. The fraction of sp³-hybridized carbons (Fsp3) is 0.455. The van der Waals surface area contributed by atoms with Gasteiger partial charge in [-0.3, -0.25) is 0 Å². The third-order valence-electron chi connectivity index (χ3n) is 2.09. The molecule has 0 saturated carbocycles. The van der Waals surface area contributed by atoms with Crippen LogP contribution < -0.4 is 0 Å². The van der Waals surface area contributed by atoms with E-state index >= 15 is 0 Å². The molecule has 0 unspecified atom stereocenters. The Balaban J connectivity index is 2.39. The molecule has 0 N–H and O–H groups in total. The van der Waals surface area contributed by atoms with E-state index in [1.807, 2.05) is 18.2 Å². The number of benzene rings is 1. The second-order valence-electron chi connectivity index (χ2n) is 3.26. The van der Waals surface area contributed by atoms with Crippen LogP contribution in [-0.2, 0) is 11.5 Å². The molecule has 0 spiro atoms. The van der Waals surface area contributed by atoms with Gasteiger partial charge in [0, 0.05) is 0 Å². The predicted molar refractivity (Wildman–Crippen MR) is 59.6 cm³/mol. The fourth-order valence-electron chi connectivity index (χ4n) is 1.30. The third kappa shape index (κ3) is 3.87. The van der Waals surface area contributed by atoms with Crippen LogP contribution in [0.2, 0.25) is 10.0 Å². The molecule has 0 aliphatic rings. The Labute approximate surface area is 94.7 Å². The van der Waals surface area contributed by atoms with Gasteiger partial charge in [-0.1, -0.05) is 35.7 Å². The van der Waals surface area contributed by atoms with E-state index < -0.39 is 0 Å². The minimum Gasteiger partial charge on any atom is -0.237 e. The molecule has 0 bridgehead atoms. The smallest absolute Gasteiger partial charge is 0.0822 e. The van der Waals surface area contributed by atoms with Crippen molar-refractivity contribution in [2.45, 2.75) is 25.7 Å². The Hall–Kier alpha value is -0.240. The van der Waals surface area contributed by atoms with Crippen LogP contribution >= 0.6 is 23.2 Å². The molecular formula is C11H13Cl2O. The topological polar surface area (TPSA) is 19.9 Å². The van der Waals surface area contributed by atoms with Crippen molar-refractivity contribution >= 4 is 23.2 Å². The van der Waals surface area contributed by atoms with E-state index in [4.69, 9.17) is 23.2 Å². The van der Waals surface area contributed by atoms with E-state index in [0.717, 1.165) is 25.7 Å². The van der Waals surface area contributed by atoms with Crippen LogP contribution in [0, 0.1) is 0 Å². The van der Waals surface area contributed by atoms with Crippen molar-refractivity contribution in [2.24, 2.45) is 0 Å². The van der Waals surface area contributed by atoms with Gasteiger partial charge in [-0.15, -0.1) is 0 Å². The molecule has 0 heterocycles. The standard InChI is InChI=1S/C11H13Cl2O/c12-10-6-5-9(8-11(10)13)4-2-1-3-7-14/h5-6,8H,1-4,7H2. The number of unbranched alkanes of at least 4 members (excludes halogenated alkanes) is 2. The summed E-state index contributed by atoms with van der Waals surface area (Å²) in [5.41, 5.74) is 1.19. The van der Waals surface area contributed by atoms with Gasteiger partial charge in [0.15, 0.2) is 0 Å². The molecule has 3 heteroatoms. The van der Waals surface area contributed by atoms with Crippen LogP contribution in [0.25, 0.3) is 0 Å². The molecule has 1 radical (unpaired) electrons. The summed E-state index contributed by atoms with van der Waals surface area (Å²) in [6.07, 6.45) is 3.77. The zero-order valence-electron chi connectivity index (χ0n) is 7.93. The number of halogens is 2. The average Bonchev–Trinajstić information content (AvgIpc) is 2.18. The van der Waals surface area contributed by atoms with Gasteiger partial charge in [0.2, 0.25) is 0 Å². The molecule has 0 aliphatic carbocycles. The lowest BCUT2D eigenvalue weighted by molar-refractivity contribution is 0.186. The minimum absolute atomic E-state index is 0.0291. The molecule has 0 fully saturated rings. The van der Waals surface area contributed by atoms with Crippen LogP contribution in [0.5, 0.6) is 0 Å². The maximum atomic E-state index is 10.2. The van der Waals surface area contributed by atoms with Gasteiger partial charge in [0.05, 0.1) is 16.7 Å². The highest BCUT2D eigenvalue weighted by Crippen LogP contribution is 2.23. The third-order valence-corrected chi connectivity index (χ3v) is 2.83. The summed E-state index contributed by atoms with van der Waals surface area (Å²) < 4.78 is 0. The van der Waals surface area contributed by atoms with Gasteiger partial charge < -0.3 is 0 Å². The Morgan fingerprint density at radius 1 is 1.00 bits per heavy atom. The van der Waals surface area contributed by atoms with Crippen molar-refractivity contribution in [3.63, 3.8) is 0 Å². The summed E-state index contributed by atoms with van der Waals surface area (Å²) >= 11 is 11.7. The molecule has 0 aromatic heterocycles. The highest BCUT2D eigenvalue weighted by Gasteiger charge is 1.99. The molecule has 1 aromatic rings. The molecule has 0 saturated heterocycles. The highest BCUT2D eigenvalue weighted by molar-refractivity contribution is 6.42. The summed E-state index contributed by atoms with van der Waals surface area (Å²) in [7, 11) is 0. The summed E-state index contributed by atoms with van der Waals surface area (Å²) in [6.45, 7) is 0.0291. The first-order valence-electron chi connectivity index (χ1n) is 4.76. The van der Waals surface area contributed by atoms with E-state index in [-0.39, 0.29) is 6.61 Å². The van der Waals surface area contributed by atoms with Crippen LogP contribution in [0.4, 0.5) is 0 Å². The van der Waals surface area contributed by atoms with Crippen molar-refractivity contribution in [3.8, 4) is 0 Å². The molecule has 1 rings (SSSR count). The lowest BCUT2D eigenvalue weighted by Crippen LogP contribution is -1.87. The molecule has 1 aromatic carbocycles. The number of rotatable bonds is 5. The SMILES string of the molecule is [O]CCCCCc1ccc(Cl)c(Cl)c1. The van der Waals surface area contributed by atoms with Crippen molar-refractivity contribution in [1.82, 2.24) is 0 Å². The Kier molecular flexibility index (Phi) is 5.31. The fourth-order valence-corrected chi connectivity index (χ4v) is 1.62. The van der Waals surface area contributed by atoms with Gasteiger partial charge in [0.1, 0.15) is 0 Å². The summed E-state index contributed by atoms with van der Waals surface area (Å²) in [5, 5.41) is 11.4. The quantitative estimate of drug-likeness (QED) is 0.680. The first kappa shape index (κ1) is 11.8. The lowest BCUT2D eigenvalue weighted by Gasteiger charge is -2.02. The molecule has 77 valence electrons. The highest BCUT2D eigenvalue weighted by atomic mass is 35.5. The lowest BCUT2D eigenvalue weighted by atomic mass is 10.1. The number of aryl methyl sites for hydroxylation is 1. The average molecular weight is 232 g/mol. The van der Waals surface area contributed by atoms with E-state index in [9.17, 15) is 5.11 Å². The van der Waals surface area contributed by atoms with Crippen molar-refractivity contribution in [3.05, 3.63) is 33.8 Å². The van der Waals surface area contributed by atoms with Crippen LogP contribution in [0.15, 0.2) is 18.2 Å². The monoisotopic (exact) mass is 231 g/mol. The molecule has 14 heavy (non-hydrogen) atoms.